The van der Waals surface area contributed by atoms with Crippen LogP contribution in [-0.2, 0) is 9.53 Å². The van der Waals surface area contributed by atoms with Gasteiger partial charge in [-0.05, 0) is 25.2 Å². The molecular formula is C11H22O3. The third-order valence-corrected chi connectivity index (χ3v) is 2.19. The van der Waals surface area contributed by atoms with E-state index in [4.69, 9.17) is 9.84 Å². The minimum absolute atomic E-state index is 0.0918. The summed E-state index contributed by atoms with van der Waals surface area (Å²) in [6, 6.07) is 0. The summed E-state index contributed by atoms with van der Waals surface area (Å²) in [7, 11) is 0. The molecule has 0 saturated heterocycles. The van der Waals surface area contributed by atoms with Crippen LogP contribution in [0.1, 0.15) is 47.0 Å². The molecule has 1 N–H and O–H groups in total. The first-order chi connectivity index (χ1) is 6.38. The third-order valence-electron chi connectivity index (χ3n) is 2.19. The quantitative estimate of drug-likeness (QED) is 0.720. The van der Waals surface area contributed by atoms with Crippen LogP contribution in [0.15, 0.2) is 0 Å². The van der Waals surface area contributed by atoms with Crippen LogP contribution in [0, 0.1) is 5.41 Å². The summed E-state index contributed by atoms with van der Waals surface area (Å²) in [5.74, 6) is -0.728. The van der Waals surface area contributed by atoms with E-state index in [9.17, 15) is 4.79 Å². The summed E-state index contributed by atoms with van der Waals surface area (Å²) in [6.07, 6.45) is 1.91. The Bertz CT molecular complexity index is 170. The minimum Gasteiger partial charge on any atom is -0.481 e. The Labute approximate surface area is 86.5 Å². The number of ether oxygens (including phenoxy) is 1. The van der Waals surface area contributed by atoms with Gasteiger partial charge in [-0.25, -0.2) is 0 Å². The molecule has 1 unspecified atom stereocenters. The molecular weight excluding hydrogens is 180 g/mol. The Morgan fingerprint density at radius 3 is 2.36 bits per heavy atom. The highest BCUT2D eigenvalue weighted by atomic mass is 16.5. The molecule has 0 aliphatic heterocycles. The molecule has 3 nitrogen and oxygen atoms in total. The van der Waals surface area contributed by atoms with Gasteiger partial charge in [0.2, 0.25) is 0 Å². The average Bonchev–Trinajstić information content (AvgIpc) is 2.00. The van der Waals surface area contributed by atoms with Crippen LogP contribution in [0.3, 0.4) is 0 Å². The van der Waals surface area contributed by atoms with Crippen molar-refractivity contribution in [1.29, 1.82) is 0 Å². The van der Waals surface area contributed by atoms with Gasteiger partial charge in [-0.3, -0.25) is 4.79 Å². The van der Waals surface area contributed by atoms with Gasteiger partial charge in [0.25, 0.3) is 0 Å². The molecule has 84 valence electrons. The van der Waals surface area contributed by atoms with Gasteiger partial charge in [0, 0.05) is 13.0 Å². The molecule has 0 fully saturated rings. The zero-order valence-electron chi connectivity index (χ0n) is 9.67. The zero-order valence-corrected chi connectivity index (χ0v) is 9.67. The van der Waals surface area contributed by atoms with Gasteiger partial charge in [0.15, 0.2) is 0 Å². The number of carboxylic acids is 1. The topological polar surface area (TPSA) is 46.5 Å². The number of hydrogen-bond donors (Lipinski definition) is 1. The predicted molar refractivity (Wildman–Crippen MR) is 56.4 cm³/mol. The van der Waals surface area contributed by atoms with Crippen molar-refractivity contribution in [2.24, 2.45) is 5.41 Å². The van der Waals surface area contributed by atoms with Crippen LogP contribution in [0.5, 0.6) is 0 Å². The highest BCUT2D eigenvalue weighted by Gasteiger charge is 2.24. The number of rotatable bonds is 6. The van der Waals surface area contributed by atoms with Crippen molar-refractivity contribution in [3.05, 3.63) is 0 Å². The maximum absolute atomic E-state index is 10.3. The van der Waals surface area contributed by atoms with E-state index in [1.54, 1.807) is 0 Å². The smallest absolute Gasteiger partial charge is 0.303 e. The lowest BCUT2D eigenvalue weighted by Crippen LogP contribution is -2.29. The first-order valence-corrected chi connectivity index (χ1v) is 5.21. The molecule has 0 spiro atoms. The standard InChI is InChI=1S/C11H22O3/c1-5-14-9(11(2,3)4)7-6-8-10(12)13/h9H,5-8H2,1-4H3,(H,12,13). The van der Waals surface area contributed by atoms with Crippen LogP contribution in [0.2, 0.25) is 0 Å². The Balaban J connectivity index is 3.92. The van der Waals surface area contributed by atoms with E-state index in [1.165, 1.54) is 0 Å². The first-order valence-electron chi connectivity index (χ1n) is 5.21. The van der Waals surface area contributed by atoms with Gasteiger partial charge in [-0.1, -0.05) is 20.8 Å². The molecule has 0 rings (SSSR count). The second kappa shape index (κ2) is 6.02. The lowest BCUT2D eigenvalue weighted by atomic mass is 9.86. The van der Waals surface area contributed by atoms with Crippen molar-refractivity contribution >= 4 is 5.97 Å². The highest BCUT2D eigenvalue weighted by Crippen LogP contribution is 2.26. The summed E-state index contributed by atoms with van der Waals surface area (Å²) in [6.45, 7) is 9.02. The van der Waals surface area contributed by atoms with E-state index < -0.39 is 5.97 Å². The molecule has 0 heterocycles. The molecule has 0 aromatic heterocycles. The lowest BCUT2D eigenvalue weighted by molar-refractivity contribution is -0.137. The van der Waals surface area contributed by atoms with Gasteiger partial charge in [-0.2, -0.15) is 0 Å². The Morgan fingerprint density at radius 2 is 2.00 bits per heavy atom. The van der Waals surface area contributed by atoms with Crippen LogP contribution >= 0.6 is 0 Å². The molecule has 0 aromatic carbocycles. The first kappa shape index (κ1) is 13.4. The van der Waals surface area contributed by atoms with Gasteiger partial charge in [-0.15, -0.1) is 0 Å². The molecule has 0 aromatic rings. The minimum atomic E-state index is -0.728. The Hall–Kier alpha value is -0.570. The van der Waals surface area contributed by atoms with Crippen molar-refractivity contribution in [3.63, 3.8) is 0 Å². The van der Waals surface area contributed by atoms with Crippen molar-refractivity contribution in [2.45, 2.75) is 53.1 Å². The second-order valence-electron chi connectivity index (χ2n) is 4.60. The van der Waals surface area contributed by atoms with E-state index in [-0.39, 0.29) is 17.9 Å². The van der Waals surface area contributed by atoms with E-state index in [2.05, 4.69) is 20.8 Å². The van der Waals surface area contributed by atoms with Crippen LogP contribution in [0.25, 0.3) is 0 Å². The molecule has 0 saturated carbocycles. The summed E-state index contributed by atoms with van der Waals surface area (Å²) in [4.78, 5) is 10.3. The average molecular weight is 202 g/mol. The molecule has 0 bridgehead atoms. The zero-order chi connectivity index (χ0) is 11.2. The second-order valence-corrected chi connectivity index (χ2v) is 4.60. The summed E-state index contributed by atoms with van der Waals surface area (Å²) >= 11 is 0. The van der Waals surface area contributed by atoms with E-state index >= 15 is 0 Å². The molecule has 0 aliphatic rings. The normalized spacial score (nSPS) is 14.0. The summed E-state index contributed by atoms with van der Waals surface area (Å²) in [5, 5.41) is 8.52. The van der Waals surface area contributed by atoms with Crippen molar-refractivity contribution in [1.82, 2.24) is 0 Å². The number of hydrogen-bond acceptors (Lipinski definition) is 2. The molecule has 0 aliphatic carbocycles. The fourth-order valence-corrected chi connectivity index (χ4v) is 1.41. The van der Waals surface area contributed by atoms with Crippen molar-refractivity contribution in [3.8, 4) is 0 Å². The van der Waals surface area contributed by atoms with Crippen molar-refractivity contribution < 1.29 is 14.6 Å². The molecule has 0 radical (unpaired) electrons. The van der Waals surface area contributed by atoms with Gasteiger partial charge in [0.05, 0.1) is 6.10 Å². The van der Waals surface area contributed by atoms with Gasteiger partial charge in [0.1, 0.15) is 0 Å². The van der Waals surface area contributed by atoms with Crippen molar-refractivity contribution in [2.75, 3.05) is 6.61 Å². The number of carboxylic acid groups (broad SMARTS) is 1. The molecule has 1 atom stereocenters. The molecule has 3 heteroatoms. The number of aliphatic carboxylic acids is 1. The van der Waals surface area contributed by atoms with Gasteiger partial charge >= 0.3 is 5.97 Å². The third kappa shape index (κ3) is 5.97. The fourth-order valence-electron chi connectivity index (χ4n) is 1.41. The van der Waals surface area contributed by atoms with Crippen LogP contribution in [-0.4, -0.2) is 23.8 Å². The molecule has 14 heavy (non-hydrogen) atoms. The summed E-state index contributed by atoms with van der Waals surface area (Å²) in [5.41, 5.74) is 0.0918. The maximum Gasteiger partial charge on any atom is 0.303 e. The SMILES string of the molecule is CCOC(CCCC(=O)O)C(C)(C)C. The van der Waals surface area contributed by atoms with Gasteiger partial charge < -0.3 is 9.84 Å². The highest BCUT2D eigenvalue weighted by molar-refractivity contribution is 5.66. The van der Waals surface area contributed by atoms with E-state index in [0.717, 1.165) is 6.42 Å². The van der Waals surface area contributed by atoms with Crippen LogP contribution < -0.4 is 0 Å². The lowest BCUT2D eigenvalue weighted by Gasteiger charge is -2.30. The predicted octanol–water partition coefficient (Wildman–Crippen LogP) is 2.69. The summed E-state index contributed by atoms with van der Waals surface area (Å²) < 4.78 is 5.60. The largest absolute Gasteiger partial charge is 0.481 e. The van der Waals surface area contributed by atoms with E-state index in [0.29, 0.717) is 13.0 Å². The maximum atomic E-state index is 10.3. The monoisotopic (exact) mass is 202 g/mol. The Morgan fingerprint density at radius 1 is 1.43 bits per heavy atom. The van der Waals surface area contributed by atoms with Crippen LogP contribution in [0.4, 0.5) is 0 Å². The number of carbonyl (C=O) groups is 1. The fraction of sp³-hybridized carbons (Fsp3) is 0.909. The van der Waals surface area contributed by atoms with E-state index in [1.807, 2.05) is 6.92 Å². The molecule has 0 amide bonds. The Kier molecular flexibility index (Phi) is 5.77.